The second kappa shape index (κ2) is 9.09. The van der Waals surface area contributed by atoms with Gasteiger partial charge < -0.3 is 20.3 Å². The van der Waals surface area contributed by atoms with E-state index in [1.54, 1.807) is 25.9 Å². The minimum Gasteiger partial charge on any atom is -0.463 e. The molecule has 2 N–H and O–H groups in total. The van der Waals surface area contributed by atoms with Gasteiger partial charge in [-0.1, -0.05) is 30.3 Å². The van der Waals surface area contributed by atoms with Crippen LogP contribution in [0, 0.1) is 0 Å². The minimum absolute atomic E-state index is 0.0284. The number of carbonyl (C=O) groups excluding carboxylic acids is 3. The standard InChI is InChI=1S/C21H28N4O4/c1-4-29-20(27)17-15(13-25-12-8-11-16(25)19(26)24(2)3)22-21(28)23-18(17)14-9-6-5-7-10-14/h5-7,9-10,16,18H,4,8,11-13H2,1-3H3,(H2,22,23,28). The zero-order valence-corrected chi connectivity index (χ0v) is 17.1. The molecule has 0 radical (unpaired) electrons. The van der Waals surface area contributed by atoms with Crippen LogP contribution in [0.1, 0.15) is 31.4 Å². The normalized spacial score (nSPS) is 22.1. The minimum atomic E-state index is -0.607. The summed E-state index contributed by atoms with van der Waals surface area (Å²) in [5, 5.41) is 5.61. The van der Waals surface area contributed by atoms with Crippen molar-refractivity contribution in [2.75, 3.05) is 33.8 Å². The van der Waals surface area contributed by atoms with Crippen molar-refractivity contribution >= 4 is 17.9 Å². The number of urea groups is 1. The predicted molar refractivity (Wildman–Crippen MR) is 108 cm³/mol. The summed E-state index contributed by atoms with van der Waals surface area (Å²) in [5.41, 5.74) is 1.66. The molecule has 1 aromatic carbocycles. The van der Waals surface area contributed by atoms with Crippen molar-refractivity contribution in [1.29, 1.82) is 0 Å². The fourth-order valence-electron chi connectivity index (χ4n) is 3.88. The third-order valence-corrected chi connectivity index (χ3v) is 5.23. The maximum atomic E-state index is 12.8. The fourth-order valence-corrected chi connectivity index (χ4v) is 3.88. The first-order chi connectivity index (χ1) is 13.9. The van der Waals surface area contributed by atoms with Crippen molar-refractivity contribution in [2.24, 2.45) is 0 Å². The summed E-state index contributed by atoms with van der Waals surface area (Å²) < 4.78 is 5.29. The number of rotatable bonds is 6. The summed E-state index contributed by atoms with van der Waals surface area (Å²) in [6, 6.07) is 8.08. The first-order valence-corrected chi connectivity index (χ1v) is 9.90. The van der Waals surface area contributed by atoms with E-state index in [0.717, 1.165) is 24.9 Å². The summed E-state index contributed by atoms with van der Waals surface area (Å²) in [7, 11) is 3.47. The third kappa shape index (κ3) is 4.59. The maximum absolute atomic E-state index is 12.8. The molecule has 2 heterocycles. The Hall–Kier alpha value is -2.87. The molecule has 0 aromatic heterocycles. The largest absolute Gasteiger partial charge is 0.463 e. The summed E-state index contributed by atoms with van der Waals surface area (Å²) in [5.74, 6) is -0.445. The highest BCUT2D eigenvalue weighted by molar-refractivity contribution is 5.95. The summed E-state index contributed by atoms with van der Waals surface area (Å²) >= 11 is 0. The van der Waals surface area contributed by atoms with E-state index in [1.807, 2.05) is 35.2 Å². The molecular formula is C21H28N4O4. The molecule has 8 nitrogen and oxygen atoms in total. The van der Waals surface area contributed by atoms with Crippen LogP contribution < -0.4 is 10.6 Å². The summed E-state index contributed by atoms with van der Waals surface area (Å²) in [6.45, 7) is 3.01. The first kappa shape index (κ1) is 20.9. The van der Waals surface area contributed by atoms with E-state index in [-0.39, 0.29) is 24.6 Å². The van der Waals surface area contributed by atoms with E-state index in [1.165, 1.54) is 0 Å². The molecule has 29 heavy (non-hydrogen) atoms. The van der Waals surface area contributed by atoms with Gasteiger partial charge in [0.25, 0.3) is 0 Å². The first-order valence-electron chi connectivity index (χ1n) is 9.90. The number of amides is 3. The molecule has 156 valence electrons. The van der Waals surface area contributed by atoms with Crippen LogP contribution in [0.2, 0.25) is 0 Å². The average molecular weight is 400 g/mol. The zero-order chi connectivity index (χ0) is 21.0. The van der Waals surface area contributed by atoms with Gasteiger partial charge in [0.05, 0.1) is 24.3 Å². The molecule has 2 unspecified atom stereocenters. The van der Waals surface area contributed by atoms with Crippen molar-refractivity contribution in [3.05, 3.63) is 47.2 Å². The lowest BCUT2D eigenvalue weighted by Crippen LogP contribution is -2.50. The van der Waals surface area contributed by atoms with Gasteiger partial charge in [0, 0.05) is 26.3 Å². The van der Waals surface area contributed by atoms with Gasteiger partial charge in [0.2, 0.25) is 5.91 Å². The fraction of sp³-hybridized carbons (Fsp3) is 0.476. The lowest BCUT2D eigenvalue weighted by molar-refractivity contribution is -0.139. The van der Waals surface area contributed by atoms with E-state index in [2.05, 4.69) is 10.6 Å². The molecule has 0 saturated carbocycles. The Balaban J connectivity index is 1.97. The Morgan fingerprint density at radius 3 is 2.62 bits per heavy atom. The highest BCUT2D eigenvalue weighted by Gasteiger charge is 2.37. The van der Waals surface area contributed by atoms with Crippen molar-refractivity contribution in [3.8, 4) is 0 Å². The number of nitrogens with one attached hydrogen (secondary N) is 2. The van der Waals surface area contributed by atoms with E-state index >= 15 is 0 Å². The van der Waals surface area contributed by atoms with Crippen molar-refractivity contribution in [3.63, 3.8) is 0 Å². The lowest BCUT2D eigenvalue weighted by Gasteiger charge is -2.33. The highest BCUT2D eigenvalue weighted by Crippen LogP contribution is 2.29. The second-order valence-corrected chi connectivity index (χ2v) is 7.42. The van der Waals surface area contributed by atoms with Crippen LogP contribution in [0.5, 0.6) is 0 Å². The predicted octanol–water partition coefficient (Wildman–Crippen LogP) is 1.41. The monoisotopic (exact) mass is 400 g/mol. The Morgan fingerprint density at radius 1 is 1.24 bits per heavy atom. The van der Waals surface area contributed by atoms with Gasteiger partial charge in [-0.05, 0) is 31.9 Å². The smallest absolute Gasteiger partial charge is 0.338 e. The topological polar surface area (TPSA) is 91.0 Å². The number of nitrogens with zero attached hydrogens (tertiary/aromatic N) is 2. The molecule has 3 amide bonds. The molecule has 1 aromatic rings. The summed E-state index contributed by atoms with van der Waals surface area (Å²) in [6.07, 6.45) is 1.65. The second-order valence-electron chi connectivity index (χ2n) is 7.42. The Bertz CT molecular complexity index is 806. The molecular weight excluding hydrogens is 372 g/mol. The van der Waals surface area contributed by atoms with E-state index < -0.39 is 12.0 Å². The van der Waals surface area contributed by atoms with Crippen molar-refractivity contribution < 1.29 is 19.1 Å². The molecule has 2 atom stereocenters. The van der Waals surface area contributed by atoms with Crippen LogP contribution in [0.3, 0.4) is 0 Å². The van der Waals surface area contributed by atoms with E-state index in [4.69, 9.17) is 4.74 Å². The van der Waals surface area contributed by atoms with Crippen LogP contribution in [-0.2, 0) is 14.3 Å². The molecule has 1 saturated heterocycles. The highest BCUT2D eigenvalue weighted by atomic mass is 16.5. The number of hydrogen-bond acceptors (Lipinski definition) is 5. The number of likely N-dealkylation sites (tertiary alicyclic amines) is 1. The number of hydrogen-bond donors (Lipinski definition) is 2. The number of ether oxygens (including phenoxy) is 1. The van der Waals surface area contributed by atoms with Gasteiger partial charge in [-0.25, -0.2) is 9.59 Å². The van der Waals surface area contributed by atoms with Gasteiger partial charge >= 0.3 is 12.0 Å². The van der Waals surface area contributed by atoms with Gasteiger partial charge in [-0.3, -0.25) is 9.69 Å². The molecule has 0 bridgehead atoms. The zero-order valence-electron chi connectivity index (χ0n) is 17.1. The van der Waals surface area contributed by atoms with Gasteiger partial charge in [-0.15, -0.1) is 0 Å². The molecule has 2 aliphatic rings. The van der Waals surface area contributed by atoms with Crippen LogP contribution >= 0.6 is 0 Å². The van der Waals surface area contributed by atoms with Crippen molar-refractivity contribution in [1.82, 2.24) is 20.4 Å². The molecule has 0 spiro atoms. The Kier molecular flexibility index (Phi) is 6.53. The Labute approximate surface area is 170 Å². The van der Waals surface area contributed by atoms with Crippen LogP contribution in [0.15, 0.2) is 41.6 Å². The Morgan fingerprint density at radius 2 is 1.97 bits per heavy atom. The van der Waals surface area contributed by atoms with E-state index in [9.17, 15) is 14.4 Å². The van der Waals surface area contributed by atoms with Crippen LogP contribution in [0.25, 0.3) is 0 Å². The molecule has 8 heteroatoms. The average Bonchev–Trinajstić information content (AvgIpc) is 3.15. The van der Waals surface area contributed by atoms with Crippen LogP contribution in [-0.4, -0.2) is 67.5 Å². The lowest BCUT2D eigenvalue weighted by atomic mass is 9.95. The van der Waals surface area contributed by atoms with Gasteiger partial charge in [0.1, 0.15) is 0 Å². The molecule has 1 fully saturated rings. The van der Waals surface area contributed by atoms with E-state index in [0.29, 0.717) is 17.8 Å². The third-order valence-electron chi connectivity index (χ3n) is 5.23. The molecule has 3 rings (SSSR count). The molecule has 0 aliphatic carbocycles. The molecule has 2 aliphatic heterocycles. The number of esters is 1. The quantitative estimate of drug-likeness (QED) is 0.705. The van der Waals surface area contributed by atoms with Crippen LogP contribution in [0.4, 0.5) is 4.79 Å². The number of likely N-dealkylation sites (N-methyl/N-ethyl adjacent to an activating group) is 1. The van der Waals surface area contributed by atoms with Gasteiger partial charge in [-0.2, -0.15) is 0 Å². The maximum Gasteiger partial charge on any atom is 0.338 e. The number of carbonyl (C=O) groups is 3. The number of benzene rings is 1. The summed E-state index contributed by atoms with van der Waals surface area (Å²) in [4.78, 5) is 41.4. The SMILES string of the molecule is CCOC(=O)C1=C(CN2CCCC2C(=O)N(C)C)NC(=O)NC1c1ccccc1. The van der Waals surface area contributed by atoms with Crippen molar-refractivity contribution in [2.45, 2.75) is 31.8 Å². The van der Waals surface area contributed by atoms with Gasteiger partial charge in [0.15, 0.2) is 0 Å².